The van der Waals surface area contributed by atoms with E-state index >= 15 is 0 Å². The third-order valence-electron chi connectivity index (χ3n) is 75.9. The lowest BCUT2D eigenvalue weighted by molar-refractivity contribution is -1.24. The van der Waals surface area contributed by atoms with Gasteiger partial charge in [0.1, 0.15) is 0 Å². The van der Waals surface area contributed by atoms with E-state index in [0.29, 0.717) is 0 Å². The minimum absolute atomic E-state index is 1.12. The third kappa shape index (κ3) is 0.453. The van der Waals surface area contributed by atoms with Gasteiger partial charge in [0, 0.05) is 0 Å². The van der Waals surface area contributed by atoms with Gasteiger partial charge in [-0.1, -0.05) is 0 Å². The van der Waals surface area contributed by atoms with Crippen molar-refractivity contribution >= 4 is 0 Å². The minimum Gasteiger partial charge on any atom is -0.0458 e. The molecule has 64 aliphatic carbocycles. The van der Waals surface area contributed by atoms with Gasteiger partial charge >= 0.3 is 0 Å². The molecule has 0 N–H and O–H groups in total. The van der Waals surface area contributed by atoms with Crippen LogP contribution in [0.2, 0.25) is 0 Å². The fourth-order valence-electron chi connectivity index (χ4n) is 101. The Balaban J connectivity index is 0.694. The molecule has 64 aliphatic rings. The van der Waals surface area contributed by atoms with E-state index in [1.165, 1.54) is 279 Å². The predicted octanol–water partition coefficient (Wildman–Crippen LogP) is 5.57. The minimum atomic E-state index is 1.12. The maximum Gasteiger partial charge on any atom is -0.000000815 e. The van der Waals surface area contributed by atoms with Crippen molar-refractivity contribution in [2.45, 2.75) is 25.7 Å². The van der Waals surface area contributed by atoms with E-state index in [-0.39, 0.29) is 0 Å². The molecule has 0 amide bonds. The van der Waals surface area contributed by atoms with E-state index in [2.05, 4.69) is 0 Å². The monoisotopic (exact) mass is 1010 g/mol. The molecule has 0 saturated heterocycles. The maximum absolute atomic E-state index is 1.92. The molecule has 64 rings (SSSR count). The molecule has 48 atom stereocenters. The SMILES string of the molecule is C1C2C3C4C5C6C7C8CC9C%10C%11C%12C%13C%14C%15CC%16C%17C%18C%19C%20C%21C%22CC%23C%24C%25C%26C%27C%28C1C21C32C43C54C65C76C89C%107C%118C%129C%13%10C%14%11C%15%16C%17%12C%18%13C%19%14C%20%15C%21%16C%23%22C%24%17C%25%18C%26%19C%27%20C%281C21C32C43C54C67C85C96C%107C%11%12C%138C%149C%15%10C%17%16C%18%11C%19%12C%201C21C32C45C63C78C94C%11%10C%121C234. The molecule has 0 aromatic rings. The molecule has 48 unspecified atom stereocenters. The average molecular weight is 1010 g/mol. The van der Waals surface area contributed by atoms with E-state index in [1.54, 1.807) is 0 Å². The van der Waals surface area contributed by atoms with Crippen LogP contribution in [0, 0.1) is 431 Å². The van der Waals surface area contributed by atoms with Gasteiger partial charge in [0.25, 0.3) is 0 Å². The normalized spacial score (nSPS) is 155. The Morgan fingerprint density at radius 2 is 0.235 bits per heavy atom. The van der Waals surface area contributed by atoms with Gasteiger partial charge in [-0.3, -0.25) is 0 Å². The Bertz CT molecular complexity index is 5420. The second-order valence-corrected chi connectivity index (χ2v) is 54.7. The highest BCUT2D eigenvalue weighted by Gasteiger charge is 3.86. The van der Waals surface area contributed by atoms with Gasteiger partial charge in [0.15, 0.2) is 0 Å². The molecule has 0 aromatic carbocycles. The van der Waals surface area contributed by atoms with Gasteiger partial charge in [0.2, 0.25) is 0 Å². The van der Waals surface area contributed by atoms with Gasteiger partial charge in [-0.05, 0) is 457 Å². The summed E-state index contributed by atoms with van der Waals surface area (Å²) in [6.07, 6.45) is 7.67. The van der Waals surface area contributed by atoms with Crippen LogP contribution in [0.15, 0.2) is 0 Å². The molecule has 360 valence electrons. The highest BCUT2D eigenvalue weighted by Crippen LogP contribution is 3.88. The van der Waals surface area contributed by atoms with E-state index in [9.17, 15) is 0 Å². The Morgan fingerprint density at radius 3 is 0.420 bits per heavy atom. The van der Waals surface area contributed by atoms with Crippen LogP contribution in [-0.4, -0.2) is 0 Å². The molecule has 64 fully saturated rings. The summed E-state index contributed by atoms with van der Waals surface area (Å²) in [7, 11) is 0. The zero-order chi connectivity index (χ0) is 43.5. The summed E-state index contributed by atoms with van der Waals surface area (Å²) in [5.41, 5.74) is 56.6. The first-order valence-corrected chi connectivity index (χ1v) is 40.3. The van der Waals surface area contributed by atoms with Crippen LogP contribution in [0.5, 0.6) is 0 Å². The molecule has 64 saturated carbocycles. The number of fused-ring (bicyclic) bond motifs is 24. The van der Waals surface area contributed by atoms with Crippen LogP contribution in [-0.2, 0) is 0 Å². The van der Waals surface area contributed by atoms with Gasteiger partial charge in [-0.25, -0.2) is 0 Å². The largest absolute Gasteiger partial charge is 0.0458 e. The molecule has 0 heterocycles. The third-order valence-corrected chi connectivity index (χ3v) is 75.9. The number of hydrogen-bond donors (Lipinski definition) is 0. The molecular weight excluding hydrogens is 973 g/mol. The second-order valence-electron chi connectivity index (χ2n) is 54.7. The van der Waals surface area contributed by atoms with Crippen molar-refractivity contribution < 1.29 is 0 Å². The Hall–Kier alpha value is 0. The summed E-state index contributed by atoms with van der Waals surface area (Å²) in [6.45, 7) is 0. The van der Waals surface area contributed by atoms with Crippen molar-refractivity contribution in [2.24, 2.45) is 393 Å². The Kier molecular flexibility index (Phi) is 1.06. The van der Waals surface area contributed by atoms with Gasteiger partial charge in [-0.15, -0.1) is 0 Å². The first-order valence-electron chi connectivity index (χ1n) is 40.3. The Morgan fingerprint density at radius 1 is 0.111 bits per heavy atom. The fraction of sp³-hybridized carbons (Fsp3) is 1.00. The molecule has 0 heteroatoms. The van der Waals surface area contributed by atoms with Crippen molar-refractivity contribution in [1.29, 1.82) is 0 Å². The molecule has 0 nitrogen and oxygen atoms in total. The number of rotatable bonds is 0. The summed E-state index contributed by atoms with van der Waals surface area (Å²) in [5.74, 6) is 40.3. The Labute approximate surface area is 454 Å². The zero-order valence-corrected chi connectivity index (χ0v) is 43.5. The van der Waals surface area contributed by atoms with Crippen molar-refractivity contribution in [2.75, 3.05) is 0 Å². The van der Waals surface area contributed by atoms with Crippen LogP contribution >= 0.6 is 0 Å². The average Bonchev–Trinajstić information content (AvgIpc) is 0.399. The topological polar surface area (TPSA) is 0 Å². The van der Waals surface area contributed by atoms with Crippen molar-refractivity contribution in [3.05, 3.63) is 37.9 Å². The summed E-state index contributed by atoms with van der Waals surface area (Å²) in [6, 6.07) is 0. The molecule has 0 radical (unpaired) electrons. The zero-order valence-electron chi connectivity index (χ0n) is 43.5. The van der Waals surface area contributed by atoms with Crippen LogP contribution in [0.25, 0.3) is 0 Å². The molecule has 49 spiro atoms. The van der Waals surface area contributed by atoms with E-state index in [0.717, 1.165) is 152 Å². The summed E-state index contributed by atoms with van der Waals surface area (Å²) in [5, 5.41) is 0. The molecular formula is C81H36. The van der Waals surface area contributed by atoms with Crippen molar-refractivity contribution in [1.82, 2.24) is 0 Å². The summed E-state index contributed by atoms with van der Waals surface area (Å²) >= 11 is 0. The molecule has 0 aliphatic heterocycles. The lowest BCUT2D eigenvalue weighted by Crippen LogP contribution is -3.78. The van der Waals surface area contributed by atoms with Crippen LogP contribution in [0.4, 0.5) is 0 Å². The van der Waals surface area contributed by atoms with Crippen LogP contribution in [0.1, 0.15) is 25.7 Å². The highest BCUT2D eigenvalue weighted by atomic mass is 15.9. The van der Waals surface area contributed by atoms with E-state index < -0.39 is 0 Å². The summed E-state index contributed by atoms with van der Waals surface area (Å²) in [4.78, 5) is 0. The van der Waals surface area contributed by atoms with Gasteiger partial charge in [-0.2, -0.15) is 0 Å². The van der Waals surface area contributed by atoms with Gasteiger partial charge in [0.05, 0.1) is 0 Å². The molecule has 0 aromatic heterocycles. The first kappa shape index (κ1) is 25.0. The number of hydrogen-bond acceptors (Lipinski definition) is 0. The quantitative estimate of drug-likeness (QED) is 0.298. The first-order chi connectivity index (χ1) is 40.3. The lowest BCUT2D eigenvalue weighted by Gasteiger charge is -3.80. The maximum atomic E-state index is 1.92. The fourth-order valence-corrected chi connectivity index (χ4v) is 101. The second kappa shape index (κ2) is 3.42. The molecule has 0 bridgehead atoms. The van der Waals surface area contributed by atoms with E-state index in [1.807, 2.05) is 25.7 Å². The van der Waals surface area contributed by atoms with Gasteiger partial charge < -0.3 is 0 Å². The van der Waals surface area contributed by atoms with Crippen molar-refractivity contribution in [3.8, 4) is 0 Å². The van der Waals surface area contributed by atoms with Crippen LogP contribution < -0.4 is 0 Å². The van der Waals surface area contributed by atoms with E-state index in [4.69, 9.17) is 0 Å². The van der Waals surface area contributed by atoms with Crippen LogP contribution in [0.3, 0.4) is 0 Å². The summed E-state index contributed by atoms with van der Waals surface area (Å²) < 4.78 is 0. The molecule has 81 heavy (non-hydrogen) atoms. The standard InChI is InChI=1S/C81H36/c1-5-13-21-29-23-15-7-2-9-17-25-31-27-19-11-4-12-20-28-32-26-18-10-3-8-16-24-30-22-14-6(1)33(5)37(13)45(21)53(29)47(23)39(15)34(7,9)41(17)49(25)55(31)51(27)43(19)36(11,12)44(20)52(28)56(32)50(26)42(18)35(8,10)40(16)48(24)54(30)46(22)38(14,33)57(37)61(45)69(53)63(47)58(39,41)65(49)71(55)67(51)60(43,44)68(52)72(56)66(50)59(40,42)64(48)70(54)62(46,57)73(61)77(69)74(63,65)79(71)76(67,68)80(72)75(64,66)78(70,73)81(77,79)80/h5-32H,1-4H2. The smallest absolute Gasteiger partial charge is 0.000000815 e. The highest BCUT2D eigenvalue weighted by molar-refractivity contribution is 6.60. The van der Waals surface area contributed by atoms with Crippen molar-refractivity contribution in [3.63, 3.8) is 0 Å². The lowest BCUT2D eigenvalue weighted by atomic mass is 8.21. The predicted molar refractivity (Wildman–Crippen MR) is 241 cm³/mol.